The van der Waals surface area contributed by atoms with E-state index in [1.807, 2.05) is 0 Å². The molecule has 1 fully saturated rings. The molecule has 4 nitrogen and oxygen atoms in total. The zero-order chi connectivity index (χ0) is 13.5. The molecule has 1 aliphatic carbocycles. The molecule has 0 spiro atoms. The number of carboxylic acids is 1. The standard InChI is InChI=1S/C12H12ClFO4/c13-6-5-7(15)10(16)8(9(6)14)12(11(17)18)3-1-2-4-12/h5,15-16H,1-4H2,(H,17,18). The number of benzene rings is 1. The van der Waals surface area contributed by atoms with Gasteiger partial charge < -0.3 is 15.3 Å². The third kappa shape index (κ3) is 1.70. The molecule has 0 unspecified atom stereocenters. The largest absolute Gasteiger partial charge is 0.504 e. The van der Waals surface area contributed by atoms with Gasteiger partial charge in [-0.05, 0) is 12.8 Å². The van der Waals surface area contributed by atoms with Crippen LogP contribution >= 0.6 is 11.6 Å². The van der Waals surface area contributed by atoms with Crippen LogP contribution in [-0.4, -0.2) is 21.3 Å². The topological polar surface area (TPSA) is 77.8 Å². The van der Waals surface area contributed by atoms with E-state index in [0.717, 1.165) is 6.07 Å². The fourth-order valence-electron chi connectivity index (χ4n) is 2.59. The normalized spacial score (nSPS) is 17.9. The molecule has 0 aromatic heterocycles. The van der Waals surface area contributed by atoms with Crippen molar-refractivity contribution in [2.75, 3.05) is 0 Å². The minimum Gasteiger partial charge on any atom is -0.504 e. The fraction of sp³-hybridized carbons (Fsp3) is 0.417. The number of rotatable bonds is 2. The Morgan fingerprint density at radius 2 is 1.89 bits per heavy atom. The Balaban J connectivity index is 2.73. The van der Waals surface area contributed by atoms with Crippen LogP contribution in [0.3, 0.4) is 0 Å². The average Bonchev–Trinajstić information content (AvgIpc) is 2.77. The van der Waals surface area contributed by atoms with Crippen molar-refractivity contribution in [3.63, 3.8) is 0 Å². The van der Waals surface area contributed by atoms with Crippen LogP contribution < -0.4 is 0 Å². The lowest BCUT2D eigenvalue weighted by atomic mass is 9.78. The first-order valence-corrected chi connectivity index (χ1v) is 5.92. The smallest absolute Gasteiger partial charge is 0.314 e. The van der Waals surface area contributed by atoms with Gasteiger partial charge in [-0.25, -0.2) is 4.39 Å². The number of halogens is 2. The third-order valence-electron chi connectivity index (χ3n) is 3.52. The minimum atomic E-state index is -1.50. The van der Waals surface area contributed by atoms with E-state index in [2.05, 4.69) is 0 Å². The van der Waals surface area contributed by atoms with Crippen LogP contribution in [0.2, 0.25) is 5.02 Å². The maximum absolute atomic E-state index is 14.0. The molecule has 0 amide bonds. The number of hydrogen-bond donors (Lipinski definition) is 3. The Labute approximate surface area is 108 Å². The molecule has 0 saturated heterocycles. The predicted octanol–water partition coefficient (Wildman–Crippen LogP) is 2.79. The van der Waals surface area contributed by atoms with Gasteiger partial charge in [-0.2, -0.15) is 0 Å². The molecular weight excluding hydrogens is 263 g/mol. The Morgan fingerprint density at radius 3 is 2.39 bits per heavy atom. The molecule has 1 aliphatic rings. The van der Waals surface area contributed by atoms with Crippen molar-refractivity contribution in [3.8, 4) is 11.5 Å². The molecule has 1 saturated carbocycles. The van der Waals surface area contributed by atoms with E-state index in [9.17, 15) is 24.5 Å². The molecule has 0 aliphatic heterocycles. The van der Waals surface area contributed by atoms with Gasteiger partial charge in [0.2, 0.25) is 0 Å². The van der Waals surface area contributed by atoms with Crippen LogP contribution in [0.25, 0.3) is 0 Å². The molecule has 0 radical (unpaired) electrons. The van der Waals surface area contributed by atoms with E-state index in [-0.39, 0.29) is 12.8 Å². The summed E-state index contributed by atoms with van der Waals surface area (Å²) in [4.78, 5) is 11.4. The molecule has 1 aromatic carbocycles. The third-order valence-corrected chi connectivity index (χ3v) is 3.79. The Hall–Kier alpha value is -1.49. The van der Waals surface area contributed by atoms with Crippen LogP contribution in [0.15, 0.2) is 6.07 Å². The van der Waals surface area contributed by atoms with Crippen LogP contribution in [0.4, 0.5) is 4.39 Å². The van der Waals surface area contributed by atoms with Gasteiger partial charge >= 0.3 is 5.97 Å². The molecule has 0 atom stereocenters. The quantitative estimate of drug-likeness (QED) is 0.725. The first-order chi connectivity index (χ1) is 8.40. The summed E-state index contributed by atoms with van der Waals surface area (Å²) < 4.78 is 14.0. The first kappa shape index (κ1) is 13.0. The summed E-state index contributed by atoms with van der Waals surface area (Å²) in [5.74, 6) is -3.53. The SMILES string of the molecule is O=C(O)C1(c2c(O)c(O)cc(Cl)c2F)CCCC1. The Morgan fingerprint density at radius 1 is 1.33 bits per heavy atom. The second kappa shape index (κ2) is 4.31. The summed E-state index contributed by atoms with van der Waals surface area (Å²) in [6.45, 7) is 0. The number of hydrogen-bond acceptors (Lipinski definition) is 3. The predicted molar refractivity (Wildman–Crippen MR) is 62.5 cm³/mol. The molecule has 6 heteroatoms. The molecule has 18 heavy (non-hydrogen) atoms. The number of aliphatic carboxylic acids is 1. The van der Waals surface area contributed by atoms with E-state index >= 15 is 0 Å². The summed E-state index contributed by atoms with van der Waals surface area (Å²) in [5.41, 5.74) is -1.91. The monoisotopic (exact) mass is 274 g/mol. The van der Waals surface area contributed by atoms with Gasteiger partial charge in [-0.15, -0.1) is 0 Å². The van der Waals surface area contributed by atoms with Crippen LogP contribution in [0.1, 0.15) is 31.2 Å². The zero-order valence-corrected chi connectivity index (χ0v) is 10.2. The van der Waals surface area contributed by atoms with Gasteiger partial charge in [-0.3, -0.25) is 4.79 Å². The number of carbonyl (C=O) groups is 1. The lowest BCUT2D eigenvalue weighted by molar-refractivity contribution is -0.143. The molecular formula is C12H12ClFO4. The number of phenolic OH excluding ortho intramolecular Hbond substituents is 2. The molecule has 0 bridgehead atoms. The van der Waals surface area contributed by atoms with Crippen LogP contribution in [0.5, 0.6) is 11.5 Å². The molecule has 3 N–H and O–H groups in total. The highest BCUT2D eigenvalue weighted by Crippen LogP contribution is 2.49. The number of aromatic hydroxyl groups is 2. The zero-order valence-electron chi connectivity index (χ0n) is 9.41. The maximum atomic E-state index is 14.0. The number of carboxylic acid groups (broad SMARTS) is 1. The molecule has 2 rings (SSSR count). The highest BCUT2D eigenvalue weighted by Gasteiger charge is 2.47. The van der Waals surface area contributed by atoms with E-state index in [4.69, 9.17) is 11.6 Å². The van der Waals surface area contributed by atoms with Gasteiger partial charge in [0.05, 0.1) is 16.0 Å². The average molecular weight is 275 g/mol. The second-order valence-corrected chi connectivity index (χ2v) is 4.92. The van der Waals surface area contributed by atoms with Gasteiger partial charge in [0, 0.05) is 6.07 Å². The lowest BCUT2D eigenvalue weighted by Crippen LogP contribution is -2.33. The van der Waals surface area contributed by atoms with E-state index in [1.54, 1.807) is 0 Å². The number of phenols is 2. The van der Waals surface area contributed by atoms with Crippen molar-refractivity contribution in [1.82, 2.24) is 0 Å². The second-order valence-electron chi connectivity index (χ2n) is 4.51. The maximum Gasteiger partial charge on any atom is 0.314 e. The van der Waals surface area contributed by atoms with Crippen molar-refractivity contribution in [2.24, 2.45) is 0 Å². The molecule has 1 aromatic rings. The summed E-state index contributed by atoms with van der Waals surface area (Å²) in [7, 11) is 0. The van der Waals surface area contributed by atoms with Crippen LogP contribution in [0, 0.1) is 5.82 Å². The van der Waals surface area contributed by atoms with Crippen molar-refractivity contribution in [3.05, 3.63) is 22.5 Å². The summed E-state index contributed by atoms with van der Waals surface area (Å²) >= 11 is 5.60. The van der Waals surface area contributed by atoms with Crippen molar-refractivity contribution < 1.29 is 24.5 Å². The van der Waals surface area contributed by atoms with Crippen LogP contribution in [-0.2, 0) is 10.2 Å². The molecule has 0 heterocycles. The van der Waals surface area contributed by atoms with Crippen molar-refractivity contribution in [1.29, 1.82) is 0 Å². The highest BCUT2D eigenvalue weighted by molar-refractivity contribution is 6.31. The van der Waals surface area contributed by atoms with E-state index in [1.165, 1.54) is 0 Å². The van der Waals surface area contributed by atoms with Gasteiger partial charge in [0.1, 0.15) is 5.82 Å². The van der Waals surface area contributed by atoms with Crippen molar-refractivity contribution >= 4 is 17.6 Å². The fourth-order valence-corrected chi connectivity index (χ4v) is 2.79. The van der Waals surface area contributed by atoms with E-state index < -0.39 is 39.3 Å². The van der Waals surface area contributed by atoms with Gasteiger partial charge in [0.25, 0.3) is 0 Å². The molecule has 98 valence electrons. The lowest BCUT2D eigenvalue weighted by Gasteiger charge is -2.26. The van der Waals surface area contributed by atoms with E-state index in [0.29, 0.717) is 12.8 Å². The first-order valence-electron chi connectivity index (χ1n) is 5.54. The highest BCUT2D eigenvalue weighted by atomic mass is 35.5. The summed E-state index contributed by atoms with van der Waals surface area (Å²) in [6, 6.07) is 0.861. The Kier molecular flexibility index (Phi) is 3.11. The minimum absolute atomic E-state index is 0.215. The van der Waals surface area contributed by atoms with Gasteiger partial charge in [-0.1, -0.05) is 24.4 Å². The summed E-state index contributed by atoms with van der Waals surface area (Å²) in [6.07, 6.45) is 1.68. The Bertz CT molecular complexity index is 483. The summed E-state index contributed by atoms with van der Waals surface area (Å²) in [5, 5.41) is 28.2. The van der Waals surface area contributed by atoms with Crippen molar-refractivity contribution in [2.45, 2.75) is 31.1 Å². The van der Waals surface area contributed by atoms with Gasteiger partial charge in [0.15, 0.2) is 11.5 Å².